The van der Waals surface area contributed by atoms with Crippen molar-refractivity contribution in [3.05, 3.63) is 18.0 Å². The van der Waals surface area contributed by atoms with Gasteiger partial charge in [0.05, 0.1) is 6.20 Å². The SMILES string of the molecule is CNC(C(=O)NC1CCCC(C(=O)NC(C)C)C1)c1cnn(C)c1. The number of aryl methyl sites for hydroxylation is 1. The first kappa shape index (κ1) is 18.4. The van der Waals surface area contributed by atoms with Crippen LogP contribution in [0.2, 0.25) is 0 Å². The van der Waals surface area contributed by atoms with Crippen LogP contribution in [-0.4, -0.2) is 40.7 Å². The van der Waals surface area contributed by atoms with Crippen LogP contribution in [0.3, 0.4) is 0 Å². The van der Waals surface area contributed by atoms with Gasteiger partial charge in [-0.2, -0.15) is 5.10 Å². The molecule has 7 nitrogen and oxygen atoms in total. The summed E-state index contributed by atoms with van der Waals surface area (Å²) in [5, 5.41) is 13.2. The molecule has 1 fully saturated rings. The number of carbonyl (C=O) groups is 2. The minimum absolute atomic E-state index is 0.0159. The van der Waals surface area contributed by atoms with Crippen molar-refractivity contribution < 1.29 is 9.59 Å². The van der Waals surface area contributed by atoms with E-state index in [1.54, 1.807) is 17.9 Å². The van der Waals surface area contributed by atoms with Gasteiger partial charge in [0.25, 0.3) is 0 Å². The van der Waals surface area contributed by atoms with Gasteiger partial charge in [-0.05, 0) is 40.2 Å². The molecule has 3 atom stereocenters. The first-order valence-electron chi connectivity index (χ1n) is 8.67. The van der Waals surface area contributed by atoms with E-state index in [1.807, 2.05) is 27.1 Å². The normalized spacial score (nSPS) is 22.2. The van der Waals surface area contributed by atoms with Crippen LogP contribution in [0.4, 0.5) is 0 Å². The highest BCUT2D eigenvalue weighted by Crippen LogP contribution is 2.25. The number of rotatable bonds is 6. The minimum atomic E-state index is -0.427. The van der Waals surface area contributed by atoms with Crippen LogP contribution in [0.1, 0.15) is 51.1 Å². The van der Waals surface area contributed by atoms with E-state index >= 15 is 0 Å². The first-order valence-corrected chi connectivity index (χ1v) is 8.67. The van der Waals surface area contributed by atoms with Crippen LogP contribution in [0.15, 0.2) is 12.4 Å². The van der Waals surface area contributed by atoms with E-state index in [-0.39, 0.29) is 29.8 Å². The summed E-state index contributed by atoms with van der Waals surface area (Å²) in [7, 11) is 3.59. The lowest BCUT2D eigenvalue weighted by Gasteiger charge is -2.30. The topological polar surface area (TPSA) is 88.1 Å². The molecule has 3 N–H and O–H groups in total. The van der Waals surface area contributed by atoms with E-state index < -0.39 is 6.04 Å². The molecule has 0 aliphatic heterocycles. The van der Waals surface area contributed by atoms with Gasteiger partial charge in [-0.1, -0.05) is 6.42 Å². The number of carbonyl (C=O) groups excluding carboxylic acids is 2. The molecule has 0 radical (unpaired) electrons. The number of likely N-dealkylation sites (N-methyl/N-ethyl adjacent to an activating group) is 1. The third-order valence-electron chi connectivity index (χ3n) is 4.43. The zero-order valence-corrected chi connectivity index (χ0v) is 15.0. The van der Waals surface area contributed by atoms with E-state index in [2.05, 4.69) is 21.0 Å². The van der Waals surface area contributed by atoms with Gasteiger partial charge in [-0.15, -0.1) is 0 Å². The van der Waals surface area contributed by atoms with E-state index in [9.17, 15) is 9.59 Å². The van der Waals surface area contributed by atoms with Crippen LogP contribution in [0.25, 0.3) is 0 Å². The summed E-state index contributed by atoms with van der Waals surface area (Å²) in [6.07, 6.45) is 7.00. The third kappa shape index (κ3) is 4.80. The van der Waals surface area contributed by atoms with E-state index in [1.165, 1.54) is 0 Å². The summed E-state index contributed by atoms with van der Waals surface area (Å²) in [4.78, 5) is 24.8. The quantitative estimate of drug-likeness (QED) is 0.720. The number of aromatic nitrogens is 2. The second kappa shape index (κ2) is 8.28. The van der Waals surface area contributed by atoms with Gasteiger partial charge in [0.1, 0.15) is 6.04 Å². The van der Waals surface area contributed by atoms with E-state index in [4.69, 9.17) is 0 Å². The van der Waals surface area contributed by atoms with Gasteiger partial charge in [0.15, 0.2) is 0 Å². The van der Waals surface area contributed by atoms with Crippen molar-refractivity contribution in [2.45, 2.75) is 57.7 Å². The number of hydrogen-bond donors (Lipinski definition) is 3. The molecule has 1 aliphatic rings. The van der Waals surface area contributed by atoms with Crippen LogP contribution in [0.5, 0.6) is 0 Å². The highest BCUT2D eigenvalue weighted by Gasteiger charge is 2.30. The fourth-order valence-corrected chi connectivity index (χ4v) is 3.28. The summed E-state index contributed by atoms with van der Waals surface area (Å²) in [5.41, 5.74) is 0.836. The van der Waals surface area contributed by atoms with Crippen molar-refractivity contribution in [3.8, 4) is 0 Å². The van der Waals surface area contributed by atoms with Crippen molar-refractivity contribution >= 4 is 11.8 Å². The average Bonchev–Trinajstić information content (AvgIpc) is 2.94. The van der Waals surface area contributed by atoms with Crippen molar-refractivity contribution in [1.82, 2.24) is 25.7 Å². The summed E-state index contributed by atoms with van der Waals surface area (Å²) in [5.74, 6) is 0.0136. The molecule has 1 aliphatic carbocycles. The van der Waals surface area contributed by atoms with E-state index in [0.717, 1.165) is 24.8 Å². The maximum absolute atomic E-state index is 12.6. The van der Waals surface area contributed by atoms with Gasteiger partial charge in [0, 0.05) is 36.8 Å². The maximum atomic E-state index is 12.6. The first-order chi connectivity index (χ1) is 11.4. The molecule has 3 unspecified atom stereocenters. The number of hydrogen-bond acceptors (Lipinski definition) is 4. The lowest BCUT2D eigenvalue weighted by Crippen LogP contribution is -2.46. The molecular formula is C17H29N5O2. The molecule has 0 aromatic carbocycles. The summed E-state index contributed by atoms with van der Waals surface area (Å²) >= 11 is 0. The molecule has 2 amide bonds. The van der Waals surface area contributed by atoms with E-state index in [0.29, 0.717) is 6.42 Å². The maximum Gasteiger partial charge on any atom is 0.242 e. The van der Waals surface area contributed by atoms with Crippen LogP contribution in [-0.2, 0) is 16.6 Å². The molecule has 1 heterocycles. The largest absolute Gasteiger partial charge is 0.354 e. The van der Waals surface area contributed by atoms with Crippen LogP contribution in [0, 0.1) is 5.92 Å². The minimum Gasteiger partial charge on any atom is -0.354 e. The molecule has 0 spiro atoms. The predicted octanol–water partition coefficient (Wildman–Crippen LogP) is 0.880. The second-order valence-electron chi connectivity index (χ2n) is 6.90. The monoisotopic (exact) mass is 335 g/mol. The molecule has 0 bridgehead atoms. The lowest BCUT2D eigenvalue weighted by atomic mass is 9.84. The smallest absolute Gasteiger partial charge is 0.242 e. The zero-order valence-electron chi connectivity index (χ0n) is 15.0. The number of nitrogens with one attached hydrogen (secondary N) is 3. The van der Waals surface area contributed by atoms with Gasteiger partial charge in [-0.3, -0.25) is 14.3 Å². The standard InChI is InChI=1S/C17H29N5O2/c1-11(2)20-16(23)12-6-5-7-14(8-12)21-17(24)15(18-3)13-9-19-22(4)10-13/h9-12,14-15,18H,5-8H2,1-4H3,(H,20,23)(H,21,24). The molecule has 1 saturated carbocycles. The predicted molar refractivity (Wildman–Crippen MR) is 92.2 cm³/mol. The fraction of sp³-hybridized carbons (Fsp3) is 0.706. The molecule has 0 saturated heterocycles. The van der Waals surface area contributed by atoms with Crippen molar-refractivity contribution in [3.63, 3.8) is 0 Å². The second-order valence-corrected chi connectivity index (χ2v) is 6.90. The highest BCUT2D eigenvalue weighted by molar-refractivity contribution is 5.83. The molecule has 7 heteroatoms. The van der Waals surface area contributed by atoms with Gasteiger partial charge in [0.2, 0.25) is 11.8 Å². The molecule has 24 heavy (non-hydrogen) atoms. The van der Waals surface area contributed by atoms with Crippen molar-refractivity contribution in [1.29, 1.82) is 0 Å². The summed E-state index contributed by atoms with van der Waals surface area (Å²) in [6.45, 7) is 3.93. The fourth-order valence-electron chi connectivity index (χ4n) is 3.28. The van der Waals surface area contributed by atoms with Crippen LogP contribution >= 0.6 is 0 Å². The number of amides is 2. The molecule has 134 valence electrons. The van der Waals surface area contributed by atoms with Crippen molar-refractivity contribution in [2.24, 2.45) is 13.0 Å². The highest BCUT2D eigenvalue weighted by atomic mass is 16.2. The van der Waals surface area contributed by atoms with Crippen molar-refractivity contribution in [2.75, 3.05) is 7.05 Å². The lowest BCUT2D eigenvalue weighted by molar-refractivity contribution is -0.128. The van der Waals surface area contributed by atoms with Gasteiger partial charge < -0.3 is 16.0 Å². The Hall–Kier alpha value is -1.89. The van der Waals surface area contributed by atoms with Gasteiger partial charge >= 0.3 is 0 Å². The Kier molecular flexibility index (Phi) is 6.36. The Balaban J connectivity index is 1.94. The number of nitrogens with zero attached hydrogens (tertiary/aromatic N) is 2. The summed E-state index contributed by atoms with van der Waals surface area (Å²) < 4.78 is 1.68. The average molecular weight is 335 g/mol. The Morgan fingerprint density at radius 1 is 1.33 bits per heavy atom. The van der Waals surface area contributed by atoms with Gasteiger partial charge in [-0.25, -0.2) is 0 Å². The Bertz CT molecular complexity index is 569. The zero-order chi connectivity index (χ0) is 17.7. The molecule has 1 aromatic heterocycles. The summed E-state index contributed by atoms with van der Waals surface area (Å²) in [6, 6.07) is -0.239. The Labute approximate surface area is 143 Å². The molecule has 2 rings (SSSR count). The molecule has 1 aromatic rings. The Morgan fingerprint density at radius 2 is 2.08 bits per heavy atom. The van der Waals surface area contributed by atoms with Crippen LogP contribution < -0.4 is 16.0 Å². The third-order valence-corrected chi connectivity index (χ3v) is 4.43. The molecular weight excluding hydrogens is 306 g/mol. The Morgan fingerprint density at radius 3 is 2.67 bits per heavy atom.